The van der Waals surface area contributed by atoms with Crippen LogP contribution in [0.1, 0.15) is 0 Å². The SMILES string of the molecule is [C-]#[N+]C[N-]C[N+]#[C-].[Li+]. The van der Waals surface area contributed by atoms with Gasteiger partial charge in [-0.05, 0) is 0 Å². The third kappa shape index (κ3) is 9.11. The van der Waals surface area contributed by atoms with Crippen LogP contribution < -0.4 is 18.9 Å². The van der Waals surface area contributed by atoms with Crippen LogP contribution in [0.25, 0.3) is 15.0 Å². The van der Waals surface area contributed by atoms with E-state index in [4.69, 9.17) is 13.1 Å². The predicted octanol–water partition coefficient (Wildman–Crippen LogP) is -1.88. The van der Waals surface area contributed by atoms with E-state index in [1.165, 1.54) is 0 Å². The number of rotatable bonds is 2. The summed E-state index contributed by atoms with van der Waals surface area (Å²) in [5.41, 5.74) is 0. The number of hydrogen-bond donors (Lipinski definition) is 0. The summed E-state index contributed by atoms with van der Waals surface area (Å²) < 4.78 is 0. The zero-order chi connectivity index (χ0) is 5.54. The van der Waals surface area contributed by atoms with Crippen molar-refractivity contribution in [3.05, 3.63) is 28.2 Å². The van der Waals surface area contributed by atoms with Gasteiger partial charge in [-0.15, -0.1) is 0 Å². The van der Waals surface area contributed by atoms with Crippen LogP contribution in [-0.4, -0.2) is 13.3 Å². The molecule has 0 amide bonds. The van der Waals surface area contributed by atoms with E-state index in [0.29, 0.717) is 0 Å². The Morgan fingerprint density at radius 2 is 1.50 bits per heavy atom. The molecule has 0 aromatic heterocycles. The first-order chi connectivity index (χ1) is 3.41. The largest absolute Gasteiger partial charge is 1.00 e. The molecule has 36 valence electrons. The van der Waals surface area contributed by atoms with Gasteiger partial charge in [-0.2, -0.15) is 0 Å². The van der Waals surface area contributed by atoms with Crippen LogP contribution in [0.3, 0.4) is 0 Å². The fraction of sp³-hybridized carbons (Fsp3) is 0.500. The molecular weight excluding hydrogens is 97.0 g/mol. The number of hydrogen-bond acceptors (Lipinski definition) is 0. The van der Waals surface area contributed by atoms with Gasteiger partial charge in [-0.25, -0.2) is 13.1 Å². The Bertz CT molecular complexity index is 95.4. The maximum atomic E-state index is 6.21. The minimum absolute atomic E-state index is 0. The van der Waals surface area contributed by atoms with Crippen LogP contribution >= 0.6 is 0 Å². The molecule has 0 spiro atoms. The molecule has 0 radical (unpaired) electrons. The molecule has 8 heavy (non-hydrogen) atoms. The van der Waals surface area contributed by atoms with Gasteiger partial charge in [0.1, 0.15) is 13.3 Å². The molecule has 0 rings (SSSR count). The predicted molar refractivity (Wildman–Crippen MR) is 26.3 cm³/mol. The summed E-state index contributed by atoms with van der Waals surface area (Å²) in [6, 6.07) is 0. The molecule has 0 fully saturated rings. The fourth-order valence-corrected chi connectivity index (χ4v) is 0.145. The van der Waals surface area contributed by atoms with Crippen molar-refractivity contribution in [2.75, 3.05) is 13.3 Å². The van der Waals surface area contributed by atoms with Crippen molar-refractivity contribution in [2.24, 2.45) is 0 Å². The summed E-state index contributed by atoms with van der Waals surface area (Å²) in [6.07, 6.45) is 0. The van der Waals surface area contributed by atoms with Gasteiger partial charge in [-0.1, -0.05) is 0 Å². The minimum Gasteiger partial charge on any atom is -0.519 e. The van der Waals surface area contributed by atoms with Gasteiger partial charge in [0.05, 0.1) is 0 Å². The molecule has 0 aliphatic rings. The first-order valence-corrected chi connectivity index (χ1v) is 1.71. The van der Waals surface area contributed by atoms with Crippen molar-refractivity contribution < 1.29 is 18.9 Å². The first kappa shape index (κ1) is 10.5. The Hall–Kier alpha value is -0.463. The standard InChI is InChI=1S/C4H4N3.Li/c1-5-3-7-4-6-2;/h3-4H2;/q-1;+1. The summed E-state index contributed by atoms with van der Waals surface area (Å²) in [5, 5.41) is 3.50. The van der Waals surface area contributed by atoms with E-state index in [1.807, 2.05) is 0 Å². The van der Waals surface area contributed by atoms with E-state index in [-0.39, 0.29) is 32.2 Å². The van der Waals surface area contributed by atoms with E-state index in [9.17, 15) is 0 Å². The molecule has 3 nitrogen and oxygen atoms in total. The third-order valence-electron chi connectivity index (χ3n) is 0.341. The molecule has 0 bridgehead atoms. The van der Waals surface area contributed by atoms with E-state index in [1.54, 1.807) is 0 Å². The van der Waals surface area contributed by atoms with E-state index in [2.05, 4.69) is 15.0 Å². The van der Waals surface area contributed by atoms with E-state index >= 15 is 0 Å². The third-order valence-corrected chi connectivity index (χ3v) is 0.341. The van der Waals surface area contributed by atoms with Crippen molar-refractivity contribution in [1.82, 2.24) is 0 Å². The summed E-state index contributed by atoms with van der Waals surface area (Å²) >= 11 is 0. The summed E-state index contributed by atoms with van der Waals surface area (Å²) in [5.74, 6) is 0. The second-order valence-corrected chi connectivity index (χ2v) is 0.823. The van der Waals surface area contributed by atoms with Crippen LogP contribution in [0.15, 0.2) is 0 Å². The number of nitrogens with zero attached hydrogens (tertiary/aromatic N) is 3. The molecule has 0 unspecified atom stereocenters. The minimum atomic E-state index is 0. The monoisotopic (exact) mass is 101 g/mol. The van der Waals surface area contributed by atoms with Crippen molar-refractivity contribution >= 4 is 0 Å². The maximum Gasteiger partial charge on any atom is 1.00 e. The van der Waals surface area contributed by atoms with Crippen LogP contribution in [0.5, 0.6) is 0 Å². The molecule has 0 atom stereocenters. The molecule has 0 saturated carbocycles. The van der Waals surface area contributed by atoms with E-state index in [0.717, 1.165) is 0 Å². The van der Waals surface area contributed by atoms with Crippen molar-refractivity contribution in [1.29, 1.82) is 0 Å². The van der Waals surface area contributed by atoms with E-state index < -0.39 is 0 Å². The van der Waals surface area contributed by atoms with Crippen molar-refractivity contribution in [3.8, 4) is 0 Å². The molecule has 0 aromatic rings. The topological polar surface area (TPSA) is 22.8 Å². The Labute approximate surface area is 60.9 Å². The van der Waals surface area contributed by atoms with Gasteiger partial charge in [-0.3, -0.25) is 0 Å². The Balaban J connectivity index is 0. The Morgan fingerprint density at radius 1 is 1.12 bits per heavy atom. The van der Waals surface area contributed by atoms with Crippen LogP contribution in [0.4, 0.5) is 0 Å². The molecular formula is C4H4LiN3. The molecule has 0 aliphatic heterocycles. The summed E-state index contributed by atoms with van der Waals surface area (Å²) in [6.45, 7) is 12.7. The van der Waals surface area contributed by atoms with Gasteiger partial charge >= 0.3 is 18.9 Å². The van der Waals surface area contributed by atoms with Crippen molar-refractivity contribution in [3.63, 3.8) is 0 Å². The molecule has 0 heterocycles. The van der Waals surface area contributed by atoms with Crippen LogP contribution in [0.2, 0.25) is 0 Å². The quantitative estimate of drug-likeness (QED) is 0.221. The first-order valence-electron chi connectivity index (χ1n) is 1.71. The molecule has 0 saturated heterocycles. The van der Waals surface area contributed by atoms with Crippen molar-refractivity contribution in [2.45, 2.75) is 0 Å². The zero-order valence-electron chi connectivity index (χ0n) is 4.76. The average Bonchev–Trinajstić information content (AvgIpc) is 1.69. The maximum absolute atomic E-state index is 6.21. The van der Waals surface area contributed by atoms with Crippen LogP contribution in [0, 0.1) is 13.1 Å². The molecule has 0 N–H and O–H groups in total. The fourth-order valence-electron chi connectivity index (χ4n) is 0.145. The van der Waals surface area contributed by atoms with Gasteiger partial charge in [0.15, 0.2) is 0 Å². The van der Waals surface area contributed by atoms with Gasteiger partial charge in [0, 0.05) is 0 Å². The molecule has 0 aliphatic carbocycles. The summed E-state index contributed by atoms with van der Waals surface area (Å²) in [4.78, 5) is 5.83. The molecule has 0 aromatic carbocycles. The second kappa shape index (κ2) is 9.74. The Morgan fingerprint density at radius 3 is 1.75 bits per heavy atom. The molecule has 4 heteroatoms. The summed E-state index contributed by atoms with van der Waals surface area (Å²) in [7, 11) is 0. The van der Waals surface area contributed by atoms with Gasteiger partial charge < -0.3 is 15.0 Å². The second-order valence-electron chi connectivity index (χ2n) is 0.823. The zero-order valence-corrected chi connectivity index (χ0v) is 4.76. The Kier molecular flexibility index (Phi) is 12.8. The normalized spacial score (nSPS) is 5.75. The van der Waals surface area contributed by atoms with Crippen LogP contribution in [-0.2, 0) is 0 Å². The average molecular weight is 101 g/mol. The smallest absolute Gasteiger partial charge is 0.519 e. The van der Waals surface area contributed by atoms with Gasteiger partial charge in [0.25, 0.3) is 0 Å². The van der Waals surface area contributed by atoms with Gasteiger partial charge in [0.2, 0.25) is 0 Å².